The standard InChI is InChI=1S/C6H7N3O2.Li/c1-3-2-8-5(7)4(9-3)6(10)11;/h2H,1H3,(H2,7,8)(H,10,11);/q;+1/p-1. The normalized spacial score (nSPS) is 8.75. The largest absolute Gasteiger partial charge is 1.00 e. The molecule has 0 spiro atoms. The summed E-state index contributed by atoms with van der Waals surface area (Å²) in [6.45, 7) is 1.62. The van der Waals surface area contributed by atoms with Crippen molar-refractivity contribution in [2.45, 2.75) is 6.92 Å². The molecule has 0 saturated carbocycles. The molecule has 1 aromatic heterocycles. The van der Waals surface area contributed by atoms with E-state index in [4.69, 9.17) is 5.73 Å². The van der Waals surface area contributed by atoms with E-state index in [1.807, 2.05) is 0 Å². The van der Waals surface area contributed by atoms with Crippen LogP contribution in [0.3, 0.4) is 0 Å². The molecule has 0 unspecified atom stereocenters. The Morgan fingerprint density at radius 3 is 2.67 bits per heavy atom. The van der Waals surface area contributed by atoms with Gasteiger partial charge in [0.05, 0.1) is 17.9 Å². The van der Waals surface area contributed by atoms with Crippen LogP contribution in [0.25, 0.3) is 0 Å². The van der Waals surface area contributed by atoms with Gasteiger partial charge in [-0.05, 0) is 6.92 Å². The molecule has 0 amide bonds. The molecule has 58 valence electrons. The molecule has 6 heteroatoms. The molecule has 2 N–H and O–H groups in total. The smallest absolute Gasteiger partial charge is 0.543 e. The molecule has 1 rings (SSSR count). The molecular weight excluding hydrogens is 153 g/mol. The van der Waals surface area contributed by atoms with Crippen LogP contribution in [0.2, 0.25) is 0 Å². The third kappa shape index (κ3) is 2.22. The number of hydrogen-bond acceptors (Lipinski definition) is 5. The number of nitrogens with two attached hydrogens (primary N) is 1. The van der Waals surface area contributed by atoms with Gasteiger partial charge in [0.15, 0.2) is 5.82 Å². The monoisotopic (exact) mass is 159 g/mol. The van der Waals surface area contributed by atoms with Crippen LogP contribution in [0.15, 0.2) is 6.20 Å². The Bertz CT molecular complexity index is 303. The van der Waals surface area contributed by atoms with Crippen LogP contribution in [0.5, 0.6) is 0 Å². The van der Waals surface area contributed by atoms with Gasteiger partial charge >= 0.3 is 18.9 Å². The van der Waals surface area contributed by atoms with Gasteiger partial charge in [-0.1, -0.05) is 0 Å². The zero-order chi connectivity index (χ0) is 8.43. The SMILES string of the molecule is Cc1cnc(N)c(C(=O)[O-])n1.[Li+]. The molecule has 0 bridgehead atoms. The summed E-state index contributed by atoms with van der Waals surface area (Å²) in [4.78, 5) is 17.5. The van der Waals surface area contributed by atoms with Crippen molar-refractivity contribution in [2.24, 2.45) is 0 Å². The minimum absolute atomic E-state index is 0. The van der Waals surface area contributed by atoms with Crippen LogP contribution in [-0.4, -0.2) is 15.9 Å². The Morgan fingerprint density at radius 1 is 1.67 bits per heavy atom. The van der Waals surface area contributed by atoms with E-state index >= 15 is 0 Å². The topological polar surface area (TPSA) is 91.9 Å². The predicted octanol–water partition coefficient (Wildman–Crippen LogP) is -4.27. The van der Waals surface area contributed by atoms with Gasteiger partial charge in [0, 0.05) is 0 Å². The molecule has 0 aromatic carbocycles. The van der Waals surface area contributed by atoms with Gasteiger partial charge < -0.3 is 15.6 Å². The van der Waals surface area contributed by atoms with Crippen molar-refractivity contribution in [2.75, 3.05) is 5.73 Å². The molecule has 0 aliphatic rings. The van der Waals surface area contributed by atoms with Crippen LogP contribution in [-0.2, 0) is 0 Å². The van der Waals surface area contributed by atoms with Gasteiger partial charge in [-0.3, -0.25) is 0 Å². The number of carbonyl (C=O) groups excluding carboxylic acids is 1. The van der Waals surface area contributed by atoms with E-state index in [2.05, 4.69) is 9.97 Å². The quantitative estimate of drug-likeness (QED) is 0.419. The Hall–Kier alpha value is -1.05. The molecule has 0 radical (unpaired) electrons. The van der Waals surface area contributed by atoms with E-state index in [1.165, 1.54) is 6.20 Å². The first-order chi connectivity index (χ1) is 5.11. The first-order valence-electron chi connectivity index (χ1n) is 2.91. The number of hydrogen-bond donors (Lipinski definition) is 1. The molecule has 12 heavy (non-hydrogen) atoms. The van der Waals surface area contributed by atoms with E-state index in [-0.39, 0.29) is 30.4 Å². The number of rotatable bonds is 1. The Morgan fingerprint density at radius 2 is 2.25 bits per heavy atom. The number of carboxylic acid groups (broad SMARTS) is 1. The number of aromatic nitrogens is 2. The summed E-state index contributed by atoms with van der Waals surface area (Å²) in [7, 11) is 0. The van der Waals surface area contributed by atoms with Crippen LogP contribution in [0.1, 0.15) is 16.2 Å². The fourth-order valence-corrected chi connectivity index (χ4v) is 0.637. The number of aromatic carboxylic acids is 1. The van der Waals surface area contributed by atoms with Gasteiger partial charge in [0.25, 0.3) is 0 Å². The van der Waals surface area contributed by atoms with E-state index in [9.17, 15) is 9.90 Å². The van der Waals surface area contributed by atoms with Crippen molar-refractivity contribution >= 4 is 11.8 Å². The zero-order valence-electron chi connectivity index (χ0n) is 6.87. The molecular formula is C6H6LiN3O2. The van der Waals surface area contributed by atoms with Crippen LogP contribution < -0.4 is 29.7 Å². The Balaban J connectivity index is 0.00000121. The Kier molecular flexibility index (Phi) is 3.73. The van der Waals surface area contributed by atoms with Gasteiger partial charge in [0.2, 0.25) is 0 Å². The molecule has 0 atom stereocenters. The molecule has 0 aliphatic carbocycles. The summed E-state index contributed by atoms with van der Waals surface area (Å²) in [6, 6.07) is 0. The third-order valence-corrected chi connectivity index (χ3v) is 1.11. The summed E-state index contributed by atoms with van der Waals surface area (Å²) in [5, 5.41) is 10.3. The van der Waals surface area contributed by atoms with Crippen molar-refractivity contribution in [3.05, 3.63) is 17.6 Å². The molecule has 0 fully saturated rings. The minimum Gasteiger partial charge on any atom is -0.543 e. The second kappa shape index (κ2) is 4.09. The first kappa shape index (κ1) is 10.9. The van der Waals surface area contributed by atoms with Crippen LogP contribution >= 0.6 is 0 Å². The second-order valence-corrected chi connectivity index (χ2v) is 2.03. The maximum absolute atomic E-state index is 10.3. The molecule has 0 aliphatic heterocycles. The fourth-order valence-electron chi connectivity index (χ4n) is 0.637. The number of carboxylic acids is 1. The second-order valence-electron chi connectivity index (χ2n) is 2.03. The van der Waals surface area contributed by atoms with Gasteiger partial charge in [-0.2, -0.15) is 0 Å². The van der Waals surface area contributed by atoms with Crippen molar-refractivity contribution in [1.82, 2.24) is 9.97 Å². The minimum atomic E-state index is -1.40. The molecule has 1 aromatic rings. The predicted molar refractivity (Wildman–Crippen MR) is 35.5 cm³/mol. The van der Waals surface area contributed by atoms with Gasteiger partial charge in [-0.15, -0.1) is 0 Å². The van der Waals surface area contributed by atoms with Crippen LogP contribution in [0.4, 0.5) is 5.82 Å². The number of aryl methyl sites for hydroxylation is 1. The zero-order valence-corrected chi connectivity index (χ0v) is 6.87. The summed E-state index contributed by atoms with van der Waals surface area (Å²) in [5.74, 6) is -1.52. The van der Waals surface area contributed by atoms with Gasteiger partial charge in [-0.25, -0.2) is 9.97 Å². The number of anilines is 1. The molecule has 5 nitrogen and oxygen atoms in total. The van der Waals surface area contributed by atoms with E-state index in [1.54, 1.807) is 6.92 Å². The first-order valence-corrected chi connectivity index (χ1v) is 2.91. The average molecular weight is 159 g/mol. The van der Waals surface area contributed by atoms with Gasteiger partial charge in [0.1, 0.15) is 5.69 Å². The maximum Gasteiger partial charge on any atom is 1.00 e. The van der Waals surface area contributed by atoms with E-state index in [0.717, 1.165) is 0 Å². The number of carbonyl (C=O) groups is 1. The summed E-state index contributed by atoms with van der Waals surface area (Å²) < 4.78 is 0. The fraction of sp³-hybridized carbons (Fsp3) is 0.167. The number of nitrogen functional groups attached to an aromatic ring is 1. The van der Waals surface area contributed by atoms with Crippen molar-refractivity contribution in [3.8, 4) is 0 Å². The Labute approximate surface area is 81.2 Å². The maximum atomic E-state index is 10.3. The number of nitrogens with zero attached hydrogens (tertiary/aromatic N) is 2. The average Bonchev–Trinajstić information content (AvgIpc) is 1.94. The third-order valence-electron chi connectivity index (χ3n) is 1.11. The van der Waals surface area contributed by atoms with Crippen LogP contribution in [0, 0.1) is 6.92 Å². The van der Waals surface area contributed by atoms with Crippen molar-refractivity contribution in [1.29, 1.82) is 0 Å². The van der Waals surface area contributed by atoms with E-state index in [0.29, 0.717) is 5.69 Å². The van der Waals surface area contributed by atoms with Crippen molar-refractivity contribution in [3.63, 3.8) is 0 Å². The summed E-state index contributed by atoms with van der Waals surface area (Å²) >= 11 is 0. The van der Waals surface area contributed by atoms with E-state index < -0.39 is 5.97 Å². The summed E-state index contributed by atoms with van der Waals surface area (Å²) in [6.07, 6.45) is 1.39. The van der Waals surface area contributed by atoms with Crippen molar-refractivity contribution < 1.29 is 28.8 Å². The summed E-state index contributed by atoms with van der Waals surface area (Å²) in [5.41, 5.74) is 5.39. The molecule has 0 saturated heterocycles. The molecule has 1 heterocycles.